The number of nitrogens with one attached hydrogen (secondary N) is 2. The predicted octanol–water partition coefficient (Wildman–Crippen LogP) is 4.91. The summed E-state index contributed by atoms with van der Waals surface area (Å²) in [6.45, 7) is 4.30. The largest absolute Gasteiger partial charge is 0.342 e. The number of aromatic amines is 1. The summed E-state index contributed by atoms with van der Waals surface area (Å²) >= 11 is 1.77. The first-order chi connectivity index (χ1) is 12.6. The SMILES string of the molecule is CSCCC(NC(=O)c1ccc(C(C)C)cc1)c1nc2ccccc2[nH]1. The van der Waals surface area contributed by atoms with E-state index >= 15 is 0 Å². The van der Waals surface area contributed by atoms with Gasteiger partial charge in [0.1, 0.15) is 5.82 Å². The van der Waals surface area contributed by atoms with E-state index in [1.807, 2.05) is 48.5 Å². The van der Waals surface area contributed by atoms with Gasteiger partial charge in [-0.2, -0.15) is 11.8 Å². The van der Waals surface area contributed by atoms with Gasteiger partial charge in [0.15, 0.2) is 0 Å². The summed E-state index contributed by atoms with van der Waals surface area (Å²) < 4.78 is 0. The molecule has 136 valence electrons. The lowest BCUT2D eigenvalue weighted by molar-refractivity contribution is 0.0934. The van der Waals surface area contributed by atoms with E-state index in [-0.39, 0.29) is 11.9 Å². The maximum Gasteiger partial charge on any atom is 0.251 e. The summed E-state index contributed by atoms with van der Waals surface area (Å²) in [4.78, 5) is 20.7. The number of amides is 1. The number of benzene rings is 2. The topological polar surface area (TPSA) is 57.8 Å². The van der Waals surface area contributed by atoms with Gasteiger partial charge < -0.3 is 10.3 Å². The standard InChI is InChI=1S/C21H25N3OS/c1-14(2)15-8-10-16(11-9-15)21(25)24-19(12-13-26-3)20-22-17-6-4-5-7-18(17)23-20/h4-11,14,19H,12-13H2,1-3H3,(H,22,23)(H,24,25). The third-order valence-electron chi connectivity index (χ3n) is 4.49. The van der Waals surface area contributed by atoms with Crippen molar-refractivity contribution in [3.05, 3.63) is 65.5 Å². The molecule has 2 aromatic carbocycles. The van der Waals surface area contributed by atoms with Crippen molar-refractivity contribution in [2.24, 2.45) is 0 Å². The van der Waals surface area contributed by atoms with E-state index in [2.05, 4.69) is 35.4 Å². The van der Waals surface area contributed by atoms with Gasteiger partial charge in [-0.25, -0.2) is 4.98 Å². The minimum absolute atomic E-state index is 0.0631. The van der Waals surface area contributed by atoms with Gasteiger partial charge in [0.25, 0.3) is 5.91 Å². The van der Waals surface area contributed by atoms with Crippen molar-refractivity contribution in [2.75, 3.05) is 12.0 Å². The van der Waals surface area contributed by atoms with Crippen molar-refractivity contribution in [2.45, 2.75) is 32.2 Å². The number of imidazole rings is 1. The predicted molar refractivity (Wildman–Crippen MR) is 110 cm³/mol. The highest BCUT2D eigenvalue weighted by atomic mass is 32.2. The van der Waals surface area contributed by atoms with Crippen LogP contribution in [0.1, 0.15) is 54.0 Å². The molecule has 0 aliphatic heterocycles. The van der Waals surface area contributed by atoms with Gasteiger partial charge in [-0.05, 0) is 54.2 Å². The van der Waals surface area contributed by atoms with E-state index in [0.29, 0.717) is 11.5 Å². The average Bonchev–Trinajstić information content (AvgIpc) is 3.09. The van der Waals surface area contributed by atoms with Crippen LogP contribution >= 0.6 is 11.8 Å². The maximum absolute atomic E-state index is 12.7. The molecule has 4 nitrogen and oxygen atoms in total. The Kier molecular flexibility index (Phi) is 5.99. The van der Waals surface area contributed by atoms with E-state index in [0.717, 1.165) is 29.0 Å². The Morgan fingerprint density at radius 3 is 2.54 bits per heavy atom. The minimum atomic E-state index is -0.132. The van der Waals surface area contributed by atoms with Crippen LogP contribution in [0.2, 0.25) is 0 Å². The summed E-state index contributed by atoms with van der Waals surface area (Å²) in [5, 5.41) is 3.15. The van der Waals surface area contributed by atoms with Gasteiger partial charge in [0, 0.05) is 5.56 Å². The van der Waals surface area contributed by atoms with Crippen LogP contribution < -0.4 is 5.32 Å². The maximum atomic E-state index is 12.7. The zero-order valence-electron chi connectivity index (χ0n) is 15.5. The number of H-pyrrole nitrogens is 1. The lowest BCUT2D eigenvalue weighted by atomic mass is 10.0. The fourth-order valence-corrected chi connectivity index (χ4v) is 3.38. The monoisotopic (exact) mass is 367 g/mol. The van der Waals surface area contributed by atoms with E-state index in [4.69, 9.17) is 0 Å². The summed E-state index contributed by atoms with van der Waals surface area (Å²) in [7, 11) is 0. The third kappa shape index (κ3) is 4.28. The Hall–Kier alpha value is -2.27. The summed E-state index contributed by atoms with van der Waals surface area (Å²) in [6, 6.07) is 15.7. The van der Waals surface area contributed by atoms with Crippen LogP contribution in [0.3, 0.4) is 0 Å². The van der Waals surface area contributed by atoms with Gasteiger partial charge in [0.2, 0.25) is 0 Å². The molecule has 5 heteroatoms. The highest BCUT2D eigenvalue weighted by Crippen LogP contribution is 2.21. The molecule has 3 aromatic rings. The highest BCUT2D eigenvalue weighted by Gasteiger charge is 2.19. The van der Waals surface area contributed by atoms with Gasteiger partial charge in [-0.1, -0.05) is 38.1 Å². The van der Waals surface area contributed by atoms with Crippen LogP contribution in [0.15, 0.2) is 48.5 Å². The number of nitrogens with zero attached hydrogens (tertiary/aromatic N) is 1. The zero-order valence-corrected chi connectivity index (χ0v) is 16.3. The Morgan fingerprint density at radius 1 is 1.15 bits per heavy atom. The molecule has 0 bridgehead atoms. The van der Waals surface area contributed by atoms with Crippen molar-refractivity contribution < 1.29 is 4.79 Å². The quantitative estimate of drug-likeness (QED) is 0.624. The average molecular weight is 368 g/mol. The molecular formula is C21H25N3OS. The molecule has 0 aliphatic carbocycles. The third-order valence-corrected chi connectivity index (χ3v) is 5.14. The van der Waals surface area contributed by atoms with Crippen molar-refractivity contribution in [1.29, 1.82) is 0 Å². The number of aromatic nitrogens is 2. The first-order valence-corrected chi connectivity index (χ1v) is 10.3. The second-order valence-corrected chi connectivity index (χ2v) is 7.71. The molecule has 1 heterocycles. The Bertz CT molecular complexity index is 837. The molecule has 0 radical (unpaired) electrons. The van der Waals surface area contributed by atoms with Crippen LogP contribution in [-0.4, -0.2) is 27.9 Å². The number of rotatable bonds is 7. The smallest absolute Gasteiger partial charge is 0.251 e. The van der Waals surface area contributed by atoms with Crippen LogP contribution in [-0.2, 0) is 0 Å². The van der Waals surface area contributed by atoms with Crippen molar-refractivity contribution in [3.8, 4) is 0 Å². The molecule has 1 unspecified atom stereocenters. The second-order valence-electron chi connectivity index (χ2n) is 6.72. The van der Waals surface area contributed by atoms with Gasteiger partial charge in [-0.3, -0.25) is 4.79 Å². The lowest BCUT2D eigenvalue weighted by Crippen LogP contribution is -2.29. The number of fused-ring (bicyclic) bond motifs is 1. The Balaban J connectivity index is 1.80. The fourth-order valence-electron chi connectivity index (χ4n) is 2.91. The second kappa shape index (κ2) is 8.41. The first-order valence-electron chi connectivity index (χ1n) is 8.93. The highest BCUT2D eigenvalue weighted by molar-refractivity contribution is 7.98. The van der Waals surface area contributed by atoms with E-state index in [1.54, 1.807) is 11.8 Å². The number of thioether (sulfide) groups is 1. The van der Waals surface area contributed by atoms with Crippen molar-refractivity contribution >= 4 is 28.7 Å². The first kappa shape index (κ1) is 18.5. The van der Waals surface area contributed by atoms with Gasteiger partial charge >= 0.3 is 0 Å². The molecule has 3 rings (SSSR count). The van der Waals surface area contributed by atoms with Crippen LogP contribution in [0, 0.1) is 0 Å². The fraction of sp³-hybridized carbons (Fsp3) is 0.333. The lowest BCUT2D eigenvalue weighted by Gasteiger charge is -2.16. The molecular weight excluding hydrogens is 342 g/mol. The number of para-hydroxylation sites is 2. The normalized spacial score (nSPS) is 12.5. The number of hydrogen-bond donors (Lipinski definition) is 2. The summed E-state index contributed by atoms with van der Waals surface area (Å²) in [6.07, 6.45) is 2.90. The molecule has 1 atom stereocenters. The molecule has 26 heavy (non-hydrogen) atoms. The molecule has 0 aliphatic rings. The Labute approximate surface area is 158 Å². The van der Waals surface area contributed by atoms with Crippen LogP contribution in [0.5, 0.6) is 0 Å². The number of carbonyl (C=O) groups is 1. The summed E-state index contributed by atoms with van der Waals surface area (Å²) in [5.41, 5.74) is 3.83. The molecule has 2 N–H and O–H groups in total. The molecule has 0 saturated carbocycles. The molecule has 0 spiro atoms. The Morgan fingerprint density at radius 2 is 1.88 bits per heavy atom. The molecule has 1 amide bonds. The molecule has 1 aromatic heterocycles. The van der Waals surface area contributed by atoms with Crippen molar-refractivity contribution in [1.82, 2.24) is 15.3 Å². The number of hydrogen-bond acceptors (Lipinski definition) is 3. The number of carbonyl (C=O) groups excluding carboxylic acids is 1. The van der Waals surface area contributed by atoms with E-state index < -0.39 is 0 Å². The summed E-state index contributed by atoms with van der Waals surface area (Å²) in [5.74, 6) is 2.16. The van der Waals surface area contributed by atoms with Crippen molar-refractivity contribution in [3.63, 3.8) is 0 Å². The molecule has 0 saturated heterocycles. The van der Waals surface area contributed by atoms with Crippen LogP contribution in [0.25, 0.3) is 11.0 Å². The minimum Gasteiger partial charge on any atom is -0.342 e. The van der Waals surface area contributed by atoms with Gasteiger partial charge in [-0.15, -0.1) is 0 Å². The molecule has 0 fully saturated rings. The van der Waals surface area contributed by atoms with Crippen LogP contribution in [0.4, 0.5) is 0 Å². The van der Waals surface area contributed by atoms with E-state index in [9.17, 15) is 4.79 Å². The van der Waals surface area contributed by atoms with E-state index in [1.165, 1.54) is 5.56 Å². The van der Waals surface area contributed by atoms with Gasteiger partial charge in [0.05, 0.1) is 17.1 Å². The zero-order chi connectivity index (χ0) is 18.5.